The molecule has 4 heteroatoms. The van der Waals surface area contributed by atoms with Crippen LogP contribution in [0.25, 0.3) is 76.2 Å². The van der Waals surface area contributed by atoms with E-state index in [-0.39, 0.29) is 0 Å². The highest BCUT2D eigenvalue weighted by atomic mass is 15.2. The fourth-order valence-corrected chi connectivity index (χ4v) is 10.5. The van der Waals surface area contributed by atoms with Crippen LogP contribution in [0.15, 0.2) is 194 Å². The van der Waals surface area contributed by atoms with Crippen LogP contribution in [0, 0.1) is 13.8 Å². The van der Waals surface area contributed by atoms with E-state index in [9.17, 15) is 0 Å². The van der Waals surface area contributed by atoms with Crippen LogP contribution in [-0.2, 0) is 0 Å². The molecule has 0 aliphatic carbocycles. The molecule has 0 N–H and O–H groups in total. The maximum Gasteiger partial charge on any atom is 0.0634 e. The van der Waals surface area contributed by atoms with E-state index >= 15 is 0 Å². The zero-order valence-electron chi connectivity index (χ0n) is 33.3. The molecule has 0 radical (unpaired) electrons. The van der Waals surface area contributed by atoms with Gasteiger partial charge in [0.25, 0.3) is 0 Å². The van der Waals surface area contributed by atoms with Crippen molar-refractivity contribution in [3.8, 4) is 0 Å². The number of anilines is 6. The second-order valence-corrected chi connectivity index (χ2v) is 16.2. The second-order valence-electron chi connectivity index (χ2n) is 16.2. The van der Waals surface area contributed by atoms with Gasteiger partial charge in [0.1, 0.15) is 0 Å². The fraction of sp³-hybridized carbons (Fsp3) is 0.0357. The third kappa shape index (κ3) is 4.39. The molecule has 0 aliphatic heterocycles. The van der Waals surface area contributed by atoms with Gasteiger partial charge in [-0.15, -0.1) is 0 Å². The molecule has 0 saturated heterocycles. The van der Waals surface area contributed by atoms with Crippen LogP contribution in [-0.4, -0.2) is 8.80 Å². The molecule has 0 fully saturated rings. The standard InChI is InChI=1S/C56H38N4/c1-35-17-9-13-25-45(35)57(37-19-5-3-6-20-37)39-29-31-43-49(33-39)59-47-27-15-11-23-41(47)52-54-44-32-30-40(58(38-21-7-4-8-22-38)46-26-14-10-18-36(46)2)34-50(44)60-48-28-16-12-24-42(48)51(56(54)60)53(43)55(52)59/h3-34H,1-2H3. The van der Waals surface area contributed by atoms with Crippen LogP contribution in [0.4, 0.5) is 34.1 Å². The van der Waals surface area contributed by atoms with E-state index in [1.165, 1.54) is 98.7 Å². The van der Waals surface area contributed by atoms with Gasteiger partial charge in [0.15, 0.2) is 0 Å². The summed E-state index contributed by atoms with van der Waals surface area (Å²) in [5, 5.41) is 10.4. The quantitative estimate of drug-likeness (QED) is 0.167. The zero-order chi connectivity index (χ0) is 39.6. The number of fused-ring (bicyclic) bond motifs is 14. The van der Waals surface area contributed by atoms with Crippen molar-refractivity contribution < 1.29 is 0 Å². The molecule has 0 atom stereocenters. The third-order valence-electron chi connectivity index (χ3n) is 13.0. The van der Waals surface area contributed by atoms with Gasteiger partial charge in [-0.25, -0.2) is 0 Å². The summed E-state index contributed by atoms with van der Waals surface area (Å²) in [5.41, 5.74) is 16.8. The first kappa shape index (κ1) is 33.2. The lowest BCUT2D eigenvalue weighted by Gasteiger charge is -2.27. The fourth-order valence-electron chi connectivity index (χ4n) is 10.5. The average Bonchev–Trinajstić information content (AvgIpc) is 4.02. The Hall–Kier alpha value is -7.82. The van der Waals surface area contributed by atoms with Crippen LogP contribution in [0.3, 0.4) is 0 Å². The number of nitrogens with zero attached hydrogens (tertiary/aromatic N) is 4. The second kappa shape index (κ2) is 12.3. The Bertz CT molecular complexity index is 3550. The number of benzene rings is 9. The summed E-state index contributed by atoms with van der Waals surface area (Å²) in [6.07, 6.45) is 0. The van der Waals surface area contributed by atoms with Crippen LogP contribution in [0.1, 0.15) is 11.1 Å². The molecule has 13 aromatic rings. The Balaban J connectivity index is 1.17. The summed E-state index contributed by atoms with van der Waals surface area (Å²) in [5.74, 6) is 0. The predicted molar refractivity (Wildman–Crippen MR) is 255 cm³/mol. The molecule has 282 valence electrons. The Kier molecular flexibility index (Phi) is 6.83. The van der Waals surface area contributed by atoms with Crippen molar-refractivity contribution in [2.24, 2.45) is 0 Å². The van der Waals surface area contributed by atoms with E-state index in [0.717, 1.165) is 22.7 Å². The van der Waals surface area contributed by atoms with Crippen molar-refractivity contribution in [3.63, 3.8) is 0 Å². The number of rotatable bonds is 6. The van der Waals surface area contributed by atoms with Crippen LogP contribution in [0.5, 0.6) is 0 Å². The molecule has 13 rings (SSSR count). The van der Waals surface area contributed by atoms with Crippen molar-refractivity contribution in [1.82, 2.24) is 8.80 Å². The van der Waals surface area contributed by atoms with Gasteiger partial charge < -0.3 is 18.6 Å². The molecule has 4 aromatic heterocycles. The maximum atomic E-state index is 2.56. The smallest absolute Gasteiger partial charge is 0.0634 e. The predicted octanol–water partition coefficient (Wildman–Crippen LogP) is 15.5. The summed E-state index contributed by atoms with van der Waals surface area (Å²) >= 11 is 0. The highest BCUT2D eigenvalue weighted by molar-refractivity contribution is 6.45. The zero-order valence-corrected chi connectivity index (χ0v) is 33.3. The van der Waals surface area contributed by atoms with Gasteiger partial charge in [-0.1, -0.05) is 121 Å². The molecule has 9 aromatic carbocycles. The maximum absolute atomic E-state index is 2.56. The Morgan fingerprint density at radius 1 is 0.300 bits per heavy atom. The summed E-state index contributed by atoms with van der Waals surface area (Å²) in [4.78, 5) is 4.81. The molecular formula is C56H38N4. The molecular weight excluding hydrogens is 729 g/mol. The lowest BCUT2D eigenvalue weighted by Crippen LogP contribution is -2.11. The Labute approximate surface area is 346 Å². The number of hydrogen-bond donors (Lipinski definition) is 0. The van der Waals surface area contributed by atoms with Crippen LogP contribution in [0.2, 0.25) is 0 Å². The monoisotopic (exact) mass is 766 g/mol. The molecule has 4 nitrogen and oxygen atoms in total. The first-order valence-electron chi connectivity index (χ1n) is 20.8. The van der Waals surface area contributed by atoms with Gasteiger partial charge >= 0.3 is 0 Å². The van der Waals surface area contributed by atoms with E-state index in [2.05, 4.69) is 227 Å². The Morgan fingerprint density at radius 3 is 1.07 bits per heavy atom. The van der Waals surface area contributed by atoms with E-state index in [1.807, 2.05) is 0 Å². The number of para-hydroxylation sites is 6. The minimum absolute atomic E-state index is 1.13. The highest BCUT2D eigenvalue weighted by Gasteiger charge is 2.29. The van der Waals surface area contributed by atoms with E-state index in [4.69, 9.17) is 0 Å². The minimum atomic E-state index is 1.13. The van der Waals surface area contributed by atoms with Crippen molar-refractivity contribution in [1.29, 1.82) is 0 Å². The largest absolute Gasteiger partial charge is 0.310 e. The van der Waals surface area contributed by atoms with E-state index in [1.54, 1.807) is 0 Å². The first-order valence-corrected chi connectivity index (χ1v) is 20.8. The van der Waals surface area contributed by atoms with Crippen molar-refractivity contribution in [2.45, 2.75) is 13.8 Å². The van der Waals surface area contributed by atoms with Gasteiger partial charge in [-0.05, 0) is 97.8 Å². The Morgan fingerprint density at radius 2 is 0.650 bits per heavy atom. The van der Waals surface area contributed by atoms with Gasteiger partial charge in [0.2, 0.25) is 0 Å². The van der Waals surface area contributed by atoms with Crippen molar-refractivity contribution in [2.75, 3.05) is 9.80 Å². The summed E-state index contributed by atoms with van der Waals surface area (Å²) in [6.45, 7) is 4.40. The van der Waals surface area contributed by atoms with Gasteiger partial charge in [-0.3, -0.25) is 0 Å². The summed E-state index contributed by atoms with van der Waals surface area (Å²) in [6, 6.07) is 71.2. The first-order chi connectivity index (χ1) is 29.7. The van der Waals surface area contributed by atoms with Crippen molar-refractivity contribution in [3.05, 3.63) is 205 Å². The van der Waals surface area contributed by atoms with E-state index in [0.29, 0.717) is 0 Å². The van der Waals surface area contributed by atoms with Crippen LogP contribution >= 0.6 is 0 Å². The van der Waals surface area contributed by atoms with Gasteiger partial charge in [0.05, 0.1) is 33.1 Å². The van der Waals surface area contributed by atoms with Crippen molar-refractivity contribution >= 4 is 110 Å². The molecule has 0 spiro atoms. The minimum Gasteiger partial charge on any atom is -0.310 e. The molecule has 0 bridgehead atoms. The normalized spacial score (nSPS) is 12.2. The molecule has 0 unspecified atom stereocenters. The number of aromatic nitrogens is 2. The number of hydrogen-bond acceptors (Lipinski definition) is 2. The molecule has 0 amide bonds. The molecule has 4 heterocycles. The number of aryl methyl sites for hydroxylation is 2. The topological polar surface area (TPSA) is 15.3 Å². The molecule has 0 saturated carbocycles. The average molecular weight is 767 g/mol. The van der Waals surface area contributed by atoms with Gasteiger partial charge in [0, 0.05) is 77.2 Å². The van der Waals surface area contributed by atoms with E-state index < -0.39 is 0 Å². The highest BCUT2D eigenvalue weighted by Crippen LogP contribution is 2.53. The SMILES string of the molecule is Cc1ccccc1N(c1ccccc1)c1ccc2c3c4c5ccccc5n5c6cc(N(c7ccccc7)c7ccccc7C)ccc6c(c6c7ccccc7n(c2c1)c63)c45. The third-order valence-corrected chi connectivity index (χ3v) is 13.0. The summed E-state index contributed by atoms with van der Waals surface area (Å²) in [7, 11) is 0. The molecule has 0 aliphatic rings. The van der Waals surface area contributed by atoms with Crippen LogP contribution < -0.4 is 9.80 Å². The lowest BCUT2D eigenvalue weighted by molar-refractivity contribution is 1.25. The lowest BCUT2D eigenvalue weighted by atomic mass is 9.97. The van der Waals surface area contributed by atoms with Gasteiger partial charge in [-0.2, -0.15) is 0 Å². The summed E-state index contributed by atoms with van der Waals surface area (Å²) < 4.78 is 5.12. The molecule has 60 heavy (non-hydrogen) atoms.